The summed E-state index contributed by atoms with van der Waals surface area (Å²) in [5.41, 5.74) is 5.48. The van der Waals surface area contributed by atoms with E-state index >= 15 is 0 Å². The summed E-state index contributed by atoms with van der Waals surface area (Å²) in [6, 6.07) is 2.96. The van der Waals surface area contributed by atoms with Gasteiger partial charge in [-0.1, -0.05) is 0 Å². The van der Waals surface area contributed by atoms with Gasteiger partial charge in [0, 0.05) is 12.2 Å². The second kappa shape index (κ2) is 4.33. The van der Waals surface area contributed by atoms with Crippen molar-refractivity contribution in [3.63, 3.8) is 0 Å². The molecular weight excluding hydrogens is 242 g/mol. The number of hydrogen-bond acceptors (Lipinski definition) is 5. The molecule has 1 saturated heterocycles. The van der Waals surface area contributed by atoms with E-state index in [1.54, 1.807) is 12.1 Å². The van der Waals surface area contributed by atoms with Gasteiger partial charge in [0.25, 0.3) is 5.91 Å². The Labute approximate surface area is 99.1 Å². The summed E-state index contributed by atoms with van der Waals surface area (Å²) < 4.78 is 22.6. The second-order valence-electron chi connectivity index (χ2n) is 4.01. The fourth-order valence-corrected chi connectivity index (χ4v) is 3.49. The minimum atomic E-state index is -2.96. The number of carbonyl (C=O) groups excluding carboxylic acids is 1. The van der Waals surface area contributed by atoms with Gasteiger partial charge in [0.2, 0.25) is 0 Å². The van der Waals surface area contributed by atoms with E-state index in [1.807, 2.05) is 0 Å². The molecule has 1 unspecified atom stereocenters. The fourth-order valence-electron chi connectivity index (χ4n) is 1.82. The topological polar surface area (TPSA) is 102 Å². The second-order valence-corrected chi connectivity index (χ2v) is 6.24. The number of carbonyl (C=O) groups is 1. The van der Waals surface area contributed by atoms with Gasteiger partial charge in [0.05, 0.1) is 17.1 Å². The third-order valence-corrected chi connectivity index (χ3v) is 4.41. The predicted molar refractivity (Wildman–Crippen MR) is 63.4 cm³/mol. The summed E-state index contributed by atoms with van der Waals surface area (Å²) in [5, 5.41) is 2.96. The first-order chi connectivity index (χ1) is 7.98. The van der Waals surface area contributed by atoms with Crippen LogP contribution >= 0.6 is 0 Å². The van der Waals surface area contributed by atoms with Gasteiger partial charge >= 0.3 is 0 Å². The van der Waals surface area contributed by atoms with Gasteiger partial charge in [0.1, 0.15) is 5.82 Å². The van der Waals surface area contributed by atoms with Crippen LogP contribution in [0.25, 0.3) is 0 Å². The number of nitrogens with zero attached hydrogens (tertiary/aromatic N) is 1. The van der Waals surface area contributed by atoms with Crippen molar-refractivity contribution in [3.05, 3.63) is 23.9 Å². The highest BCUT2D eigenvalue weighted by Crippen LogP contribution is 2.18. The maximum atomic E-state index is 11.3. The number of anilines is 1. The van der Waals surface area contributed by atoms with Crippen LogP contribution in [0.3, 0.4) is 0 Å². The minimum Gasteiger partial charge on any atom is -0.366 e. The Kier molecular flexibility index (Phi) is 3.01. The van der Waals surface area contributed by atoms with Crippen LogP contribution in [0.1, 0.15) is 16.8 Å². The number of sulfone groups is 1. The largest absolute Gasteiger partial charge is 0.366 e. The molecule has 1 aliphatic heterocycles. The summed E-state index contributed by atoms with van der Waals surface area (Å²) in [6.45, 7) is 0. The maximum absolute atomic E-state index is 11.3. The van der Waals surface area contributed by atoms with Gasteiger partial charge in [-0.3, -0.25) is 4.79 Å². The Morgan fingerprint density at radius 1 is 1.53 bits per heavy atom. The lowest BCUT2D eigenvalue weighted by Crippen LogP contribution is -2.24. The molecule has 1 amide bonds. The minimum absolute atomic E-state index is 0.0712. The smallest absolute Gasteiger partial charge is 0.252 e. The Morgan fingerprint density at radius 2 is 2.29 bits per heavy atom. The number of amides is 1. The summed E-state index contributed by atoms with van der Waals surface area (Å²) in [7, 11) is -2.96. The Hall–Kier alpha value is -1.63. The molecule has 0 aliphatic carbocycles. The zero-order valence-corrected chi connectivity index (χ0v) is 9.90. The van der Waals surface area contributed by atoms with Crippen molar-refractivity contribution >= 4 is 21.6 Å². The van der Waals surface area contributed by atoms with E-state index in [1.165, 1.54) is 6.20 Å². The van der Waals surface area contributed by atoms with Gasteiger partial charge in [-0.2, -0.15) is 0 Å². The van der Waals surface area contributed by atoms with Crippen molar-refractivity contribution in [2.45, 2.75) is 12.5 Å². The van der Waals surface area contributed by atoms with Crippen molar-refractivity contribution in [2.75, 3.05) is 16.8 Å². The Morgan fingerprint density at radius 3 is 2.88 bits per heavy atom. The normalized spacial score (nSPS) is 22.2. The van der Waals surface area contributed by atoms with Gasteiger partial charge in [-0.05, 0) is 18.6 Å². The van der Waals surface area contributed by atoms with Crippen LogP contribution in [-0.4, -0.2) is 36.9 Å². The van der Waals surface area contributed by atoms with Crippen LogP contribution in [0.15, 0.2) is 18.3 Å². The van der Waals surface area contributed by atoms with E-state index in [4.69, 9.17) is 5.73 Å². The van der Waals surface area contributed by atoms with E-state index in [9.17, 15) is 13.2 Å². The number of hydrogen-bond donors (Lipinski definition) is 2. The van der Waals surface area contributed by atoms with Gasteiger partial charge < -0.3 is 11.1 Å². The highest BCUT2D eigenvalue weighted by Gasteiger charge is 2.28. The van der Waals surface area contributed by atoms with Gasteiger partial charge in [0.15, 0.2) is 9.84 Å². The molecule has 1 aromatic rings. The number of pyridine rings is 1. The molecular formula is C10H13N3O3S. The molecule has 0 radical (unpaired) electrons. The van der Waals surface area contributed by atoms with Crippen LogP contribution in [0.4, 0.5) is 5.82 Å². The van der Waals surface area contributed by atoms with E-state index < -0.39 is 15.7 Å². The summed E-state index contributed by atoms with van der Waals surface area (Å²) in [5.74, 6) is 0.00843. The number of nitrogens with one attached hydrogen (secondary N) is 1. The highest BCUT2D eigenvalue weighted by molar-refractivity contribution is 7.91. The Bertz CT molecular complexity index is 541. The first-order valence-electron chi connectivity index (χ1n) is 5.20. The van der Waals surface area contributed by atoms with Gasteiger partial charge in [-0.15, -0.1) is 0 Å². The molecule has 0 spiro atoms. The molecule has 1 aliphatic rings. The first kappa shape index (κ1) is 11.8. The molecule has 1 fully saturated rings. The van der Waals surface area contributed by atoms with Crippen molar-refractivity contribution < 1.29 is 13.2 Å². The van der Waals surface area contributed by atoms with Crippen LogP contribution in [0, 0.1) is 0 Å². The van der Waals surface area contributed by atoms with Crippen molar-refractivity contribution in [1.29, 1.82) is 0 Å². The average molecular weight is 255 g/mol. The molecule has 3 N–H and O–H groups in total. The quantitative estimate of drug-likeness (QED) is 0.777. The summed E-state index contributed by atoms with van der Waals surface area (Å²) >= 11 is 0. The molecule has 1 aromatic heterocycles. The van der Waals surface area contributed by atoms with Crippen molar-refractivity contribution in [3.8, 4) is 0 Å². The molecule has 2 heterocycles. The lowest BCUT2D eigenvalue weighted by Gasteiger charge is -2.13. The molecule has 0 saturated carbocycles. The summed E-state index contributed by atoms with van der Waals surface area (Å²) in [6.07, 6.45) is 2.05. The summed E-state index contributed by atoms with van der Waals surface area (Å²) in [4.78, 5) is 15.2. The number of nitrogens with two attached hydrogens (primary N) is 1. The molecule has 0 bridgehead atoms. The molecule has 6 nitrogen and oxygen atoms in total. The first-order valence-corrected chi connectivity index (χ1v) is 7.02. The van der Waals surface area contributed by atoms with Crippen LogP contribution < -0.4 is 11.1 Å². The van der Waals surface area contributed by atoms with E-state index in [-0.39, 0.29) is 23.1 Å². The zero-order valence-electron chi connectivity index (χ0n) is 9.09. The molecule has 1 atom stereocenters. The molecule has 92 valence electrons. The molecule has 17 heavy (non-hydrogen) atoms. The number of rotatable bonds is 3. The maximum Gasteiger partial charge on any atom is 0.252 e. The molecule has 0 aromatic carbocycles. The lowest BCUT2D eigenvalue weighted by molar-refractivity contribution is 0.100. The third-order valence-electron chi connectivity index (χ3n) is 2.65. The van der Waals surface area contributed by atoms with E-state index in [0.29, 0.717) is 12.2 Å². The zero-order chi connectivity index (χ0) is 12.5. The Balaban J connectivity index is 2.17. The van der Waals surface area contributed by atoms with Crippen molar-refractivity contribution in [2.24, 2.45) is 5.73 Å². The van der Waals surface area contributed by atoms with E-state index in [2.05, 4.69) is 10.3 Å². The highest BCUT2D eigenvalue weighted by atomic mass is 32.2. The average Bonchev–Trinajstić information content (AvgIpc) is 2.58. The van der Waals surface area contributed by atoms with Crippen molar-refractivity contribution in [1.82, 2.24) is 4.98 Å². The van der Waals surface area contributed by atoms with Crippen LogP contribution in [0.5, 0.6) is 0 Å². The van der Waals surface area contributed by atoms with Gasteiger partial charge in [-0.25, -0.2) is 13.4 Å². The standard InChI is InChI=1S/C10H13N3O3S/c11-9(14)8-2-1-4-12-10(8)13-7-3-5-17(15,16)6-7/h1-2,4,7H,3,5-6H2,(H2,11,14)(H,12,13). The predicted octanol–water partition coefficient (Wildman–Crippen LogP) is -0.220. The monoisotopic (exact) mass is 255 g/mol. The molecule has 7 heteroatoms. The number of aromatic nitrogens is 1. The third kappa shape index (κ3) is 2.73. The SMILES string of the molecule is NC(=O)c1cccnc1NC1CCS(=O)(=O)C1. The number of primary amides is 1. The fraction of sp³-hybridized carbons (Fsp3) is 0.400. The lowest BCUT2D eigenvalue weighted by atomic mass is 10.2. The van der Waals surface area contributed by atoms with Crippen LogP contribution in [-0.2, 0) is 9.84 Å². The molecule has 2 rings (SSSR count). The van der Waals surface area contributed by atoms with E-state index in [0.717, 1.165) is 0 Å². The van der Waals surface area contributed by atoms with Crippen LogP contribution in [0.2, 0.25) is 0 Å².